The van der Waals surface area contributed by atoms with Crippen LogP contribution in [0.2, 0.25) is 0 Å². The lowest BCUT2D eigenvalue weighted by molar-refractivity contribution is 0.312. The van der Waals surface area contributed by atoms with Gasteiger partial charge in [-0.3, -0.25) is 0 Å². The van der Waals surface area contributed by atoms with Crippen LogP contribution in [0.15, 0.2) is 22.8 Å². The number of aromatic nitrogens is 1. The molecule has 0 atom stereocenters. The highest BCUT2D eigenvalue weighted by atomic mass is 79.9. The van der Waals surface area contributed by atoms with E-state index in [0.717, 1.165) is 36.5 Å². The van der Waals surface area contributed by atoms with Gasteiger partial charge in [-0.2, -0.15) is 0 Å². The van der Waals surface area contributed by atoms with Crippen molar-refractivity contribution >= 4 is 21.7 Å². The normalized spacial score (nSPS) is 18.6. The molecule has 0 spiro atoms. The lowest BCUT2D eigenvalue weighted by Gasteiger charge is -2.33. The van der Waals surface area contributed by atoms with E-state index in [1.54, 1.807) is 0 Å². The van der Waals surface area contributed by atoms with Crippen LogP contribution >= 0.6 is 15.9 Å². The van der Waals surface area contributed by atoms with E-state index < -0.39 is 0 Å². The van der Waals surface area contributed by atoms with Crippen LogP contribution < -0.4 is 4.90 Å². The Morgan fingerprint density at radius 1 is 1.29 bits per heavy atom. The molecule has 1 aliphatic heterocycles. The molecule has 0 unspecified atom stereocenters. The Balaban J connectivity index is 2.08. The first kappa shape index (κ1) is 9.93. The summed E-state index contributed by atoms with van der Waals surface area (Å²) in [6, 6.07) is 4.03. The number of likely N-dealkylation sites (N-methyl/N-ethyl adjacent to an activating group) is 1. The van der Waals surface area contributed by atoms with Gasteiger partial charge in [0.05, 0.1) is 0 Å². The minimum absolute atomic E-state index is 1.07. The molecule has 0 N–H and O–H groups in total. The lowest BCUT2D eigenvalue weighted by Crippen LogP contribution is -2.44. The van der Waals surface area contributed by atoms with E-state index in [0.29, 0.717) is 0 Å². The highest BCUT2D eigenvalue weighted by molar-refractivity contribution is 9.10. The van der Waals surface area contributed by atoms with Gasteiger partial charge in [0, 0.05) is 36.8 Å². The maximum atomic E-state index is 4.37. The number of halogens is 1. The van der Waals surface area contributed by atoms with Crippen molar-refractivity contribution in [2.75, 3.05) is 38.1 Å². The molecule has 14 heavy (non-hydrogen) atoms. The molecule has 4 heteroatoms. The average Bonchev–Trinajstić information content (AvgIpc) is 2.19. The molecule has 0 radical (unpaired) electrons. The van der Waals surface area contributed by atoms with Gasteiger partial charge in [-0.25, -0.2) is 4.98 Å². The molecule has 2 rings (SSSR count). The molecule has 1 saturated heterocycles. The van der Waals surface area contributed by atoms with E-state index in [1.807, 2.05) is 12.3 Å². The summed E-state index contributed by atoms with van der Waals surface area (Å²) >= 11 is 3.46. The van der Waals surface area contributed by atoms with Crippen LogP contribution in [0.1, 0.15) is 0 Å². The van der Waals surface area contributed by atoms with Crippen molar-refractivity contribution < 1.29 is 0 Å². The fourth-order valence-corrected chi connectivity index (χ4v) is 1.93. The van der Waals surface area contributed by atoms with Crippen LogP contribution in [-0.4, -0.2) is 43.1 Å². The third kappa shape index (κ3) is 2.25. The predicted molar refractivity (Wildman–Crippen MR) is 61.6 cm³/mol. The predicted octanol–water partition coefficient (Wildman–Crippen LogP) is 1.60. The van der Waals surface area contributed by atoms with Gasteiger partial charge in [0.25, 0.3) is 0 Å². The molecular weight excluding hydrogens is 242 g/mol. The number of pyridine rings is 1. The van der Waals surface area contributed by atoms with E-state index in [1.165, 1.54) is 0 Å². The molecule has 1 fully saturated rings. The summed E-state index contributed by atoms with van der Waals surface area (Å²) in [5.41, 5.74) is 0. The second kappa shape index (κ2) is 4.28. The first-order valence-electron chi connectivity index (χ1n) is 4.81. The molecule has 0 bridgehead atoms. The summed E-state index contributed by atoms with van der Waals surface area (Å²) in [5, 5.41) is 0. The molecule has 2 heterocycles. The summed E-state index contributed by atoms with van der Waals surface area (Å²) in [7, 11) is 2.16. The van der Waals surface area contributed by atoms with Crippen molar-refractivity contribution in [3.8, 4) is 0 Å². The van der Waals surface area contributed by atoms with E-state index in [9.17, 15) is 0 Å². The number of nitrogens with zero attached hydrogens (tertiary/aromatic N) is 3. The summed E-state index contributed by atoms with van der Waals surface area (Å²) in [4.78, 5) is 9.03. The molecule has 0 saturated carbocycles. The van der Waals surface area contributed by atoms with Crippen molar-refractivity contribution in [2.45, 2.75) is 0 Å². The SMILES string of the molecule is CN1CCN(c2cc(Br)ccn2)CC1. The van der Waals surface area contributed by atoms with Gasteiger partial charge >= 0.3 is 0 Å². The smallest absolute Gasteiger partial charge is 0.129 e. The number of hydrogen-bond acceptors (Lipinski definition) is 3. The zero-order chi connectivity index (χ0) is 9.97. The average molecular weight is 256 g/mol. The summed E-state index contributed by atoms with van der Waals surface area (Å²) in [5.74, 6) is 1.08. The Kier molecular flexibility index (Phi) is 3.03. The van der Waals surface area contributed by atoms with E-state index >= 15 is 0 Å². The highest BCUT2D eigenvalue weighted by Crippen LogP contribution is 2.17. The Bertz CT molecular complexity index is 308. The quantitative estimate of drug-likeness (QED) is 0.760. The second-order valence-electron chi connectivity index (χ2n) is 3.62. The van der Waals surface area contributed by atoms with Gasteiger partial charge in [0.15, 0.2) is 0 Å². The fraction of sp³-hybridized carbons (Fsp3) is 0.500. The van der Waals surface area contributed by atoms with Gasteiger partial charge in [-0.1, -0.05) is 15.9 Å². The van der Waals surface area contributed by atoms with E-state index in [4.69, 9.17) is 0 Å². The fourth-order valence-electron chi connectivity index (χ4n) is 1.60. The largest absolute Gasteiger partial charge is 0.354 e. The summed E-state index contributed by atoms with van der Waals surface area (Å²) in [6.07, 6.45) is 1.84. The van der Waals surface area contributed by atoms with Crippen LogP contribution in [-0.2, 0) is 0 Å². The molecule has 1 aliphatic rings. The van der Waals surface area contributed by atoms with Gasteiger partial charge < -0.3 is 9.80 Å². The zero-order valence-electron chi connectivity index (χ0n) is 8.28. The minimum Gasteiger partial charge on any atom is -0.354 e. The minimum atomic E-state index is 1.07. The van der Waals surface area contributed by atoms with Crippen molar-refractivity contribution in [3.05, 3.63) is 22.8 Å². The Hall–Kier alpha value is -0.610. The lowest BCUT2D eigenvalue weighted by atomic mass is 10.3. The third-order valence-electron chi connectivity index (χ3n) is 2.53. The van der Waals surface area contributed by atoms with Gasteiger partial charge in [0.1, 0.15) is 5.82 Å². The highest BCUT2D eigenvalue weighted by Gasteiger charge is 2.14. The molecule has 76 valence electrons. The van der Waals surface area contributed by atoms with E-state index in [2.05, 4.69) is 43.8 Å². The molecule has 3 nitrogen and oxygen atoms in total. The molecule has 1 aromatic rings. The van der Waals surface area contributed by atoms with Gasteiger partial charge in [0.2, 0.25) is 0 Å². The van der Waals surface area contributed by atoms with Crippen LogP contribution in [0.25, 0.3) is 0 Å². The Labute approximate surface area is 92.9 Å². The molecule has 0 amide bonds. The summed E-state index contributed by atoms with van der Waals surface area (Å²) in [6.45, 7) is 4.38. The molecule has 1 aromatic heterocycles. The van der Waals surface area contributed by atoms with Crippen molar-refractivity contribution in [1.82, 2.24) is 9.88 Å². The topological polar surface area (TPSA) is 19.4 Å². The second-order valence-corrected chi connectivity index (χ2v) is 4.54. The van der Waals surface area contributed by atoms with Crippen molar-refractivity contribution in [2.24, 2.45) is 0 Å². The van der Waals surface area contributed by atoms with Crippen LogP contribution in [0, 0.1) is 0 Å². The van der Waals surface area contributed by atoms with Gasteiger partial charge in [-0.15, -0.1) is 0 Å². The summed E-state index contributed by atoms with van der Waals surface area (Å²) < 4.78 is 1.10. The number of anilines is 1. The number of hydrogen-bond donors (Lipinski definition) is 0. The standard InChI is InChI=1S/C10H14BrN3/c1-13-4-6-14(7-5-13)10-8-9(11)2-3-12-10/h2-3,8H,4-7H2,1H3. The maximum Gasteiger partial charge on any atom is 0.129 e. The van der Waals surface area contributed by atoms with Crippen molar-refractivity contribution in [1.29, 1.82) is 0 Å². The number of piperazine rings is 1. The Morgan fingerprint density at radius 3 is 2.64 bits per heavy atom. The molecular formula is C10H14BrN3. The zero-order valence-corrected chi connectivity index (χ0v) is 9.87. The Morgan fingerprint density at radius 2 is 2.00 bits per heavy atom. The van der Waals surface area contributed by atoms with E-state index in [-0.39, 0.29) is 0 Å². The monoisotopic (exact) mass is 255 g/mol. The maximum absolute atomic E-state index is 4.37. The molecule has 0 aliphatic carbocycles. The third-order valence-corrected chi connectivity index (χ3v) is 3.03. The van der Waals surface area contributed by atoms with Crippen molar-refractivity contribution in [3.63, 3.8) is 0 Å². The number of rotatable bonds is 1. The van der Waals surface area contributed by atoms with Gasteiger partial charge in [-0.05, 0) is 19.2 Å². The van der Waals surface area contributed by atoms with Crippen LogP contribution in [0.4, 0.5) is 5.82 Å². The first-order valence-corrected chi connectivity index (χ1v) is 5.60. The van der Waals surface area contributed by atoms with Crippen LogP contribution in [0.3, 0.4) is 0 Å². The molecule has 0 aromatic carbocycles. The first-order chi connectivity index (χ1) is 6.75. The van der Waals surface area contributed by atoms with Crippen LogP contribution in [0.5, 0.6) is 0 Å².